The number of nitrogens with zero attached hydrogens (tertiary/aromatic N) is 2. The first-order valence-electron chi connectivity index (χ1n) is 8.43. The van der Waals surface area contributed by atoms with Gasteiger partial charge in [0.1, 0.15) is 5.82 Å². The van der Waals surface area contributed by atoms with Crippen molar-refractivity contribution in [1.29, 1.82) is 0 Å². The van der Waals surface area contributed by atoms with Crippen LogP contribution in [0.2, 0.25) is 0 Å². The van der Waals surface area contributed by atoms with E-state index in [1.165, 1.54) is 0 Å². The highest BCUT2D eigenvalue weighted by Crippen LogP contribution is 2.26. The van der Waals surface area contributed by atoms with Crippen LogP contribution in [0.15, 0.2) is 12.4 Å². The van der Waals surface area contributed by atoms with Crippen molar-refractivity contribution in [3.05, 3.63) is 18.2 Å². The second kappa shape index (κ2) is 6.79. The smallest absolute Gasteiger partial charge is 0.222 e. The van der Waals surface area contributed by atoms with Crippen molar-refractivity contribution in [3.63, 3.8) is 0 Å². The molecule has 1 aromatic rings. The summed E-state index contributed by atoms with van der Waals surface area (Å²) in [6.45, 7) is 6.06. The standard InChI is InChI=1S/C16H27N5O/c1-11-14(12(2)20-19-11)5-6-15(22)21-9-3-4-13(10-21)16-17-7-8-18-16/h7-8,11-14,19-20H,3-6,9-10H2,1-2H3,(H,17,18). The monoisotopic (exact) mass is 305 g/mol. The number of carbonyl (C=O) groups is 1. The third kappa shape index (κ3) is 3.33. The summed E-state index contributed by atoms with van der Waals surface area (Å²) in [5.41, 5.74) is 6.52. The van der Waals surface area contributed by atoms with Crippen LogP contribution in [0.1, 0.15) is 51.3 Å². The van der Waals surface area contributed by atoms with E-state index < -0.39 is 0 Å². The maximum Gasteiger partial charge on any atom is 0.222 e. The van der Waals surface area contributed by atoms with Crippen molar-refractivity contribution in [2.24, 2.45) is 5.92 Å². The van der Waals surface area contributed by atoms with Gasteiger partial charge in [-0.2, -0.15) is 0 Å². The van der Waals surface area contributed by atoms with Crippen molar-refractivity contribution >= 4 is 5.91 Å². The highest BCUT2D eigenvalue weighted by Gasteiger charge is 2.31. The fourth-order valence-corrected chi connectivity index (χ4v) is 3.79. The van der Waals surface area contributed by atoms with Gasteiger partial charge in [0, 0.05) is 49.9 Å². The molecule has 0 radical (unpaired) electrons. The molecule has 2 fully saturated rings. The fraction of sp³-hybridized carbons (Fsp3) is 0.750. The third-order valence-electron chi connectivity index (χ3n) is 5.19. The van der Waals surface area contributed by atoms with Gasteiger partial charge < -0.3 is 9.88 Å². The van der Waals surface area contributed by atoms with Crippen molar-refractivity contribution in [2.45, 2.75) is 57.5 Å². The normalized spacial score (nSPS) is 32.4. The average molecular weight is 305 g/mol. The molecule has 1 aromatic heterocycles. The molecule has 22 heavy (non-hydrogen) atoms. The van der Waals surface area contributed by atoms with Crippen LogP contribution in [0, 0.1) is 5.92 Å². The average Bonchev–Trinajstić information content (AvgIpc) is 3.16. The van der Waals surface area contributed by atoms with E-state index in [9.17, 15) is 4.79 Å². The molecule has 3 N–H and O–H groups in total. The number of amides is 1. The molecular formula is C16H27N5O. The number of likely N-dealkylation sites (tertiary alicyclic amines) is 1. The van der Waals surface area contributed by atoms with Gasteiger partial charge >= 0.3 is 0 Å². The molecule has 3 rings (SSSR count). The van der Waals surface area contributed by atoms with Crippen molar-refractivity contribution in [1.82, 2.24) is 25.7 Å². The lowest BCUT2D eigenvalue weighted by Gasteiger charge is -2.32. The van der Waals surface area contributed by atoms with Crippen LogP contribution >= 0.6 is 0 Å². The van der Waals surface area contributed by atoms with Gasteiger partial charge in [-0.3, -0.25) is 15.6 Å². The molecule has 3 unspecified atom stereocenters. The predicted molar refractivity (Wildman–Crippen MR) is 85.1 cm³/mol. The summed E-state index contributed by atoms with van der Waals surface area (Å²) < 4.78 is 0. The van der Waals surface area contributed by atoms with E-state index in [0.29, 0.717) is 36.2 Å². The van der Waals surface area contributed by atoms with E-state index in [1.54, 1.807) is 6.20 Å². The molecule has 6 nitrogen and oxygen atoms in total. The van der Waals surface area contributed by atoms with Crippen LogP contribution in [0.3, 0.4) is 0 Å². The Morgan fingerprint density at radius 1 is 1.36 bits per heavy atom. The molecule has 3 atom stereocenters. The van der Waals surface area contributed by atoms with Gasteiger partial charge in [0.2, 0.25) is 5.91 Å². The van der Waals surface area contributed by atoms with Crippen LogP contribution in [0.25, 0.3) is 0 Å². The van der Waals surface area contributed by atoms with E-state index >= 15 is 0 Å². The molecule has 6 heteroatoms. The molecule has 0 saturated carbocycles. The number of hydrazine groups is 1. The zero-order chi connectivity index (χ0) is 15.5. The first kappa shape index (κ1) is 15.5. The Morgan fingerprint density at radius 3 is 2.82 bits per heavy atom. The highest BCUT2D eigenvalue weighted by atomic mass is 16.2. The van der Waals surface area contributed by atoms with Crippen molar-refractivity contribution < 1.29 is 4.79 Å². The highest BCUT2D eigenvalue weighted by molar-refractivity contribution is 5.76. The minimum atomic E-state index is 0.294. The lowest BCUT2D eigenvalue weighted by Crippen LogP contribution is -2.39. The summed E-state index contributed by atoms with van der Waals surface area (Å²) in [5, 5.41) is 0. The molecule has 1 amide bonds. The first-order valence-corrected chi connectivity index (χ1v) is 8.43. The van der Waals surface area contributed by atoms with Gasteiger partial charge in [-0.25, -0.2) is 4.98 Å². The SMILES string of the molecule is CC1NNC(C)C1CCC(=O)N1CCCC(c2ncc[nH]2)C1. The number of aromatic amines is 1. The molecule has 2 aliphatic heterocycles. The number of piperidine rings is 1. The van der Waals surface area contributed by atoms with Crippen LogP contribution in [0.4, 0.5) is 0 Å². The summed E-state index contributed by atoms with van der Waals surface area (Å²) >= 11 is 0. The topological polar surface area (TPSA) is 73.0 Å². The van der Waals surface area contributed by atoms with Gasteiger partial charge in [0.15, 0.2) is 0 Å². The Balaban J connectivity index is 1.51. The van der Waals surface area contributed by atoms with Crippen LogP contribution in [0.5, 0.6) is 0 Å². The second-order valence-electron chi connectivity index (χ2n) is 6.72. The Morgan fingerprint density at radius 2 is 2.14 bits per heavy atom. The first-order chi connectivity index (χ1) is 10.6. The lowest BCUT2D eigenvalue weighted by molar-refractivity contribution is -0.132. The predicted octanol–water partition coefficient (Wildman–Crippen LogP) is 1.40. The molecular weight excluding hydrogens is 278 g/mol. The van der Waals surface area contributed by atoms with Crippen LogP contribution in [-0.4, -0.2) is 45.9 Å². The van der Waals surface area contributed by atoms with E-state index in [-0.39, 0.29) is 0 Å². The quantitative estimate of drug-likeness (QED) is 0.786. The van der Waals surface area contributed by atoms with Crippen molar-refractivity contribution in [3.8, 4) is 0 Å². The van der Waals surface area contributed by atoms with E-state index in [4.69, 9.17) is 0 Å². The molecule has 2 saturated heterocycles. The van der Waals surface area contributed by atoms with Gasteiger partial charge in [0.25, 0.3) is 0 Å². The van der Waals surface area contributed by atoms with E-state index in [1.807, 2.05) is 11.1 Å². The number of rotatable bonds is 4. The van der Waals surface area contributed by atoms with Gasteiger partial charge in [-0.15, -0.1) is 0 Å². The van der Waals surface area contributed by atoms with Gasteiger partial charge in [-0.1, -0.05) is 0 Å². The number of hydrogen-bond acceptors (Lipinski definition) is 4. The lowest BCUT2D eigenvalue weighted by atomic mass is 9.91. The third-order valence-corrected chi connectivity index (χ3v) is 5.19. The molecule has 2 aliphatic rings. The molecule has 0 bridgehead atoms. The molecule has 3 heterocycles. The largest absolute Gasteiger partial charge is 0.348 e. The number of imidazole rings is 1. The number of nitrogens with one attached hydrogen (secondary N) is 3. The Hall–Kier alpha value is -1.40. The maximum atomic E-state index is 12.5. The Labute approximate surface area is 132 Å². The summed E-state index contributed by atoms with van der Waals surface area (Å²) in [5.74, 6) is 2.20. The second-order valence-corrected chi connectivity index (χ2v) is 6.72. The van der Waals surface area contributed by atoms with Gasteiger partial charge in [0.05, 0.1) is 0 Å². The summed E-state index contributed by atoms with van der Waals surface area (Å²) in [6, 6.07) is 0.861. The number of aromatic nitrogens is 2. The van der Waals surface area contributed by atoms with Crippen LogP contribution < -0.4 is 10.9 Å². The molecule has 0 aromatic carbocycles. The minimum absolute atomic E-state index is 0.294. The Bertz CT molecular complexity index is 479. The van der Waals surface area contributed by atoms with E-state index in [0.717, 1.165) is 38.2 Å². The Kier molecular flexibility index (Phi) is 4.78. The molecule has 122 valence electrons. The summed E-state index contributed by atoms with van der Waals surface area (Å²) in [4.78, 5) is 22.1. The fourth-order valence-electron chi connectivity index (χ4n) is 3.79. The maximum absolute atomic E-state index is 12.5. The summed E-state index contributed by atoms with van der Waals surface area (Å²) in [6.07, 6.45) is 7.42. The number of carbonyl (C=O) groups excluding carboxylic acids is 1. The van der Waals surface area contributed by atoms with E-state index in [2.05, 4.69) is 34.7 Å². The summed E-state index contributed by atoms with van der Waals surface area (Å²) in [7, 11) is 0. The number of hydrogen-bond donors (Lipinski definition) is 3. The molecule has 0 aliphatic carbocycles. The zero-order valence-electron chi connectivity index (χ0n) is 13.5. The van der Waals surface area contributed by atoms with Crippen molar-refractivity contribution in [2.75, 3.05) is 13.1 Å². The zero-order valence-corrected chi connectivity index (χ0v) is 13.5. The minimum Gasteiger partial charge on any atom is -0.348 e. The molecule has 0 spiro atoms. The number of H-pyrrole nitrogens is 1. The van der Waals surface area contributed by atoms with Crippen LogP contribution in [-0.2, 0) is 4.79 Å². The van der Waals surface area contributed by atoms with Gasteiger partial charge in [-0.05, 0) is 39.0 Å².